The van der Waals surface area contributed by atoms with E-state index >= 15 is 0 Å². The van der Waals surface area contributed by atoms with Crippen molar-refractivity contribution in [2.24, 2.45) is 0 Å². The van der Waals surface area contributed by atoms with Gasteiger partial charge in [-0.05, 0) is 34.1 Å². The Morgan fingerprint density at radius 2 is 1.71 bits per heavy atom. The first-order valence-corrected chi connectivity index (χ1v) is 11.1. The molecule has 2 heterocycles. The Morgan fingerprint density at radius 3 is 2.25 bits per heavy atom. The van der Waals surface area contributed by atoms with E-state index in [9.17, 15) is 8.42 Å². The van der Waals surface area contributed by atoms with Gasteiger partial charge in [-0.2, -0.15) is 4.31 Å². The maximum atomic E-state index is 12.9. The van der Waals surface area contributed by atoms with Gasteiger partial charge in [0, 0.05) is 36.9 Å². The average molecular weight is 491 g/mol. The molecule has 130 valence electrons. The number of anilines is 1. The number of sulfonamides is 1. The predicted molar refractivity (Wildman–Crippen MR) is 104 cm³/mol. The fourth-order valence-electron chi connectivity index (χ4n) is 2.55. The van der Waals surface area contributed by atoms with Crippen LogP contribution in [0.15, 0.2) is 33.6 Å². The van der Waals surface area contributed by atoms with E-state index in [4.69, 9.17) is 34.8 Å². The molecule has 1 aromatic carbocycles. The summed E-state index contributed by atoms with van der Waals surface area (Å²) in [4.78, 5) is 2.16. The Kier molecular flexibility index (Phi) is 5.71. The highest BCUT2D eigenvalue weighted by Gasteiger charge is 2.34. The van der Waals surface area contributed by atoms with Crippen molar-refractivity contribution < 1.29 is 8.42 Å². The van der Waals surface area contributed by atoms with Crippen LogP contribution in [-0.2, 0) is 10.0 Å². The lowest BCUT2D eigenvalue weighted by Crippen LogP contribution is -2.48. The van der Waals surface area contributed by atoms with Gasteiger partial charge in [-0.25, -0.2) is 8.42 Å². The Balaban J connectivity index is 1.79. The molecule has 4 nitrogen and oxygen atoms in total. The highest BCUT2D eigenvalue weighted by Crippen LogP contribution is 2.44. The van der Waals surface area contributed by atoms with Crippen molar-refractivity contribution in [1.29, 1.82) is 0 Å². The molecule has 0 aliphatic carbocycles. The molecule has 0 spiro atoms. The minimum Gasteiger partial charge on any atom is -0.369 e. The number of piperazine rings is 1. The first-order valence-electron chi connectivity index (χ1n) is 6.94. The molecule has 3 rings (SSSR count). The van der Waals surface area contributed by atoms with Crippen LogP contribution in [0.25, 0.3) is 0 Å². The number of nitrogens with zero attached hydrogens (tertiary/aromatic N) is 2. The molecule has 2 aromatic rings. The topological polar surface area (TPSA) is 40.6 Å². The monoisotopic (exact) mass is 488 g/mol. The van der Waals surface area contributed by atoms with Crippen molar-refractivity contribution in [1.82, 2.24) is 4.31 Å². The van der Waals surface area contributed by atoms with Gasteiger partial charge in [0.1, 0.15) is 13.6 Å². The van der Waals surface area contributed by atoms with Gasteiger partial charge in [-0.3, -0.25) is 0 Å². The summed E-state index contributed by atoms with van der Waals surface area (Å²) in [6.45, 7) is 1.88. The number of benzene rings is 1. The maximum absolute atomic E-state index is 12.9. The maximum Gasteiger partial charge on any atom is 0.246 e. The Morgan fingerprint density at radius 1 is 1.04 bits per heavy atom. The van der Waals surface area contributed by atoms with Crippen LogP contribution in [0.5, 0.6) is 0 Å². The van der Waals surface area contributed by atoms with Crippen LogP contribution in [0.2, 0.25) is 13.7 Å². The van der Waals surface area contributed by atoms with Crippen LogP contribution in [0.3, 0.4) is 0 Å². The van der Waals surface area contributed by atoms with Crippen LogP contribution in [-0.4, -0.2) is 38.9 Å². The van der Waals surface area contributed by atoms with Gasteiger partial charge in [-0.15, -0.1) is 11.3 Å². The highest BCUT2D eigenvalue weighted by atomic mass is 79.9. The molecule has 0 atom stereocenters. The highest BCUT2D eigenvalue weighted by molar-refractivity contribution is 9.10. The molecule has 0 N–H and O–H groups in total. The fraction of sp³-hybridized carbons (Fsp3) is 0.286. The van der Waals surface area contributed by atoms with Gasteiger partial charge >= 0.3 is 0 Å². The van der Waals surface area contributed by atoms with E-state index in [-0.39, 0.29) is 9.23 Å². The summed E-state index contributed by atoms with van der Waals surface area (Å²) in [5, 5.41) is 0.658. The normalized spacial score (nSPS) is 16.6. The minimum absolute atomic E-state index is 0.0513. The summed E-state index contributed by atoms with van der Waals surface area (Å²) in [6, 6.07) is 7.52. The number of halogens is 4. The van der Waals surface area contributed by atoms with Gasteiger partial charge in [-0.1, -0.05) is 40.9 Å². The van der Waals surface area contributed by atoms with Crippen LogP contribution in [0.1, 0.15) is 0 Å². The smallest absolute Gasteiger partial charge is 0.246 e. The van der Waals surface area contributed by atoms with E-state index in [0.717, 1.165) is 17.0 Å². The van der Waals surface area contributed by atoms with Crippen LogP contribution >= 0.6 is 62.1 Å². The molecule has 0 radical (unpaired) electrons. The molecular weight excluding hydrogens is 479 g/mol. The first-order chi connectivity index (χ1) is 11.3. The van der Waals surface area contributed by atoms with Crippen molar-refractivity contribution in [3.63, 3.8) is 0 Å². The fourth-order valence-corrected chi connectivity index (χ4v) is 7.63. The van der Waals surface area contributed by atoms with E-state index in [1.165, 1.54) is 4.31 Å². The van der Waals surface area contributed by atoms with Crippen LogP contribution < -0.4 is 4.90 Å². The summed E-state index contributed by atoms with van der Waals surface area (Å²) in [5.74, 6) is 0. The molecule has 0 amide bonds. The molecular formula is C14H12BrCl3N2O2S2. The summed E-state index contributed by atoms with van der Waals surface area (Å²) in [5.41, 5.74) is 0.984. The third-order valence-corrected chi connectivity index (χ3v) is 9.34. The Bertz CT molecular complexity index is 865. The largest absolute Gasteiger partial charge is 0.369 e. The summed E-state index contributed by atoms with van der Waals surface area (Å²) >= 11 is 22.3. The van der Waals surface area contributed by atoms with Crippen LogP contribution in [0.4, 0.5) is 5.69 Å². The summed E-state index contributed by atoms with van der Waals surface area (Å²) in [7, 11) is -3.69. The van der Waals surface area contributed by atoms with Crippen molar-refractivity contribution in [2.75, 3.05) is 31.1 Å². The molecule has 1 aliphatic rings. The van der Waals surface area contributed by atoms with E-state index in [0.29, 0.717) is 40.0 Å². The van der Waals surface area contributed by atoms with Gasteiger partial charge in [0.2, 0.25) is 10.0 Å². The van der Waals surface area contributed by atoms with E-state index in [1.807, 2.05) is 24.3 Å². The van der Waals surface area contributed by atoms with Gasteiger partial charge in [0.25, 0.3) is 0 Å². The molecule has 24 heavy (non-hydrogen) atoms. The SMILES string of the molecule is O=S(=O)(c1c(Cl)sc(Cl)c1Br)N1CCN(c2cccc(Cl)c2)CC1. The Labute approximate surface area is 168 Å². The molecule has 10 heteroatoms. The molecule has 1 fully saturated rings. The molecule has 1 aliphatic heterocycles. The number of thiophene rings is 1. The van der Waals surface area contributed by atoms with Gasteiger partial charge in [0.15, 0.2) is 0 Å². The number of hydrogen-bond donors (Lipinski definition) is 0. The Hall–Kier alpha value is -0.0200. The minimum atomic E-state index is -3.69. The molecule has 1 aromatic heterocycles. The molecule has 1 saturated heterocycles. The van der Waals surface area contributed by atoms with Crippen molar-refractivity contribution >= 4 is 77.8 Å². The lowest BCUT2D eigenvalue weighted by atomic mass is 10.2. The lowest BCUT2D eigenvalue weighted by molar-refractivity contribution is 0.385. The molecule has 0 unspecified atom stereocenters. The zero-order chi connectivity index (χ0) is 17.5. The second kappa shape index (κ2) is 7.31. The van der Waals surface area contributed by atoms with Crippen molar-refractivity contribution in [2.45, 2.75) is 4.90 Å². The molecule has 0 bridgehead atoms. The van der Waals surface area contributed by atoms with Gasteiger partial charge in [0.05, 0.1) is 4.47 Å². The zero-order valence-corrected chi connectivity index (χ0v) is 17.7. The molecule has 0 saturated carbocycles. The van der Waals surface area contributed by atoms with E-state index in [1.54, 1.807) is 0 Å². The van der Waals surface area contributed by atoms with E-state index in [2.05, 4.69) is 20.8 Å². The summed E-state index contributed by atoms with van der Waals surface area (Å²) in [6.07, 6.45) is 0. The second-order valence-corrected chi connectivity index (χ2v) is 10.5. The predicted octanol–water partition coefficient (Wildman–Crippen LogP) is 4.98. The van der Waals surface area contributed by atoms with Gasteiger partial charge < -0.3 is 4.90 Å². The summed E-state index contributed by atoms with van der Waals surface area (Å²) < 4.78 is 28.0. The average Bonchev–Trinajstić information content (AvgIpc) is 2.80. The quantitative estimate of drug-likeness (QED) is 0.609. The standard InChI is InChI=1S/C14H12BrCl3N2O2S2/c15-11-12(14(18)23-13(11)17)24(21,22)20-6-4-19(5-7-20)10-3-1-2-9(16)8-10/h1-3,8H,4-7H2. The van der Waals surface area contributed by atoms with E-state index < -0.39 is 10.0 Å². The van der Waals surface area contributed by atoms with Crippen LogP contribution in [0, 0.1) is 0 Å². The zero-order valence-electron chi connectivity index (χ0n) is 12.2. The second-order valence-electron chi connectivity index (χ2n) is 5.16. The van der Waals surface area contributed by atoms with Crippen molar-refractivity contribution in [3.8, 4) is 0 Å². The lowest BCUT2D eigenvalue weighted by Gasteiger charge is -2.35. The van der Waals surface area contributed by atoms with Crippen molar-refractivity contribution in [3.05, 3.63) is 42.4 Å². The third-order valence-electron chi connectivity index (χ3n) is 3.74. The first kappa shape index (κ1) is 18.8. The third kappa shape index (κ3) is 3.58. The number of hydrogen-bond acceptors (Lipinski definition) is 4. The number of rotatable bonds is 3.